The summed E-state index contributed by atoms with van der Waals surface area (Å²) < 4.78 is 5.53. The zero-order valence-electron chi connectivity index (χ0n) is 12.9. The Labute approximate surface area is 133 Å². The molecule has 3 heterocycles. The molecule has 4 aromatic rings. The molecule has 0 saturated heterocycles. The molecule has 5 nitrogen and oxygen atoms in total. The van der Waals surface area contributed by atoms with Gasteiger partial charge in [-0.25, -0.2) is 0 Å². The van der Waals surface area contributed by atoms with Crippen molar-refractivity contribution >= 4 is 16.6 Å². The number of nitrogens with zero attached hydrogens (tertiary/aromatic N) is 3. The van der Waals surface area contributed by atoms with Gasteiger partial charge in [-0.15, -0.1) is 0 Å². The lowest BCUT2D eigenvalue weighted by Gasteiger charge is -2.12. The van der Waals surface area contributed by atoms with Gasteiger partial charge in [-0.1, -0.05) is 12.1 Å². The van der Waals surface area contributed by atoms with E-state index in [9.17, 15) is 0 Å². The molecule has 0 unspecified atom stereocenters. The van der Waals surface area contributed by atoms with E-state index < -0.39 is 0 Å². The van der Waals surface area contributed by atoms with Gasteiger partial charge >= 0.3 is 0 Å². The number of rotatable bonds is 3. The maximum atomic E-state index is 5.53. The molecule has 0 amide bonds. The van der Waals surface area contributed by atoms with Crippen LogP contribution < -0.4 is 4.90 Å². The van der Waals surface area contributed by atoms with Crippen LogP contribution in [0.5, 0.6) is 0 Å². The fourth-order valence-corrected chi connectivity index (χ4v) is 2.69. The van der Waals surface area contributed by atoms with E-state index in [-0.39, 0.29) is 0 Å². The summed E-state index contributed by atoms with van der Waals surface area (Å²) in [5.41, 5.74) is 4.82. The minimum Gasteiger partial charge on any atom is -0.463 e. The molecule has 0 aliphatic heterocycles. The van der Waals surface area contributed by atoms with Crippen LogP contribution in [0.25, 0.3) is 33.6 Å². The molecule has 0 bridgehead atoms. The van der Waals surface area contributed by atoms with Gasteiger partial charge < -0.3 is 9.32 Å². The van der Waals surface area contributed by atoms with Gasteiger partial charge in [0.1, 0.15) is 11.4 Å². The third-order valence-electron chi connectivity index (χ3n) is 3.89. The zero-order valence-corrected chi connectivity index (χ0v) is 12.9. The van der Waals surface area contributed by atoms with Gasteiger partial charge in [0.25, 0.3) is 0 Å². The molecule has 4 rings (SSSR count). The predicted molar refractivity (Wildman–Crippen MR) is 91.4 cm³/mol. The van der Waals surface area contributed by atoms with Gasteiger partial charge in [-0.05, 0) is 30.3 Å². The van der Waals surface area contributed by atoms with Crippen molar-refractivity contribution in [2.24, 2.45) is 0 Å². The number of anilines is 1. The molecular weight excluding hydrogens is 288 g/mol. The Morgan fingerprint density at radius 1 is 1.00 bits per heavy atom. The number of benzene rings is 1. The number of hydrogen-bond acceptors (Lipinski definition) is 4. The van der Waals surface area contributed by atoms with E-state index >= 15 is 0 Å². The first-order valence-corrected chi connectivity index (χ1v) is 7.39. The van der Waals surface area contributed by atoms with Crippen molar-refractivity contribution in [2.45, 2.75) is 0 Å². The van der Waals surface area contributed by atoms with Crippen molar-refractivity contribution in [3.8, 4) is 22.7 Å². The first kappa shape index (κ1) is 13.6. The number of nitrogens with one attached hydrogen (secondary N) is 1. The van der Waals surface area contributed by atoms with Crippen molar-refractivity contribution in [3.05, 3.63) is 54.9 Å². The number of fused-ring (bicyclic) bond motifs is 1. The molecule has 3 aromatic heterocycles. The summed E-state index contributed by atoms with van der Waals surface area (Å²) in [6, 6.07) is 14.0. The first-order chi connectivity index (χ1) is 11.2. The molecule has 5 heteroatoms. The number of H-pyrrole nitrogens is 1. The van der Waals surface area contributed by atoms with Crippen molar-refractivity contribution in [3.63, 3.8) is 0 Å². The molecule has 1 N–H and O–H groups in total. The maximum absolute atomic E-state index is 5.53. The molecule has 0 aliphatic rings. The monoisotopic (exact) mass is 304 g/mol. The average molecular weight is 304 g/mol. The fraction of sp³-hybridized carbons (Fsp3) is 0.111. The zero-order chi connectivity index (χ0) is 15.8. The van der Waals surface area contributed by atoms with Crippen LogP contribution in [0, 0.1) is 0 Å². The second kappa shape index (κ2) is 5.28. The van der Waals surface area contributed by atoms with Gasteiger partial charge in [0.2, 0.25) is 0 Å². The summed E-state index contributed by atoms with van der Waals surface area (Å²) in [5, 5.41) is 8.55. The summed E-state index contributed by atoms with van der Waals surface area (Å²) in [6.45, 7) is 0. The van der Waals surface area contributed by atoms with E-state index in [1.165, 1.54) is 0 Å². The Balaban J connectivity index is 1.91. The first-order valence-electron chi connectivity index (χ1n) is 7.39. The number of pyridine rings is 1. The molecule has 1 aromatic carbocycles. The normalized spacial score (nSPS) is 11.0. The topological polar surface area (TPSA) is 58.0 Å². The fourth-order valence-electron chi connectivity index (χ4n) is 2.69. The van der Waals surface area contributed by atoms with Crippen molar-refractivity contribution < 1.29 is 4.42 Å². The molecule has 0 saturated carbocycles. The van der Waals surface area contributed by atoms with Crippen LogP contribution in [0.15, 0.2) is 59.3 Å². The Morgan fingerprint density at radius 2 is 1.83 bits per heavy atom. The molecule has 0 radical (unpaired) electrons. The number of aromatic nitrogens is 3. The van der Waals surface area contributed by atoms with Crippen LogP contribution in [0.4, 0.5) is 5.69 Å². The lowest BCUT2D eigenvalue weighted by molar-refractivity contribution is 0.581. The molecule has 0 spiro atoms. The Kier molecular flexibility index (Phi) is 3.12. The van der Waals surface area contributed by atoms with Gasteiger partial charge in [0.05, 0.1) is 17.2 Å². The van der Waals surface area contributed by atoms with Crippen LogP contribution in [-0.2, 0) is 0 Å². The number of hydrogen-bond donors (Lipinski definition) is 1. The Hall–Kier alpha value is -3.08. The van der Waals surface area contributed by atoms with Crippen molar-refractivity contribution in [2.75, 3.05) is 19.0 Å². The van der Waals surface area contributed by atoms with Crippen molar-refractivity contribution in [1.29, 1.82) is 0 Å². The molecule has 23 heavy (non-hydrogen) atoms. The molecular formula is C18H16N4O. The van der Waals surface area contributed by atoms with Gasteiger partial charge in [-0.3, -0.25) is 10.1 Å². The number of furan rings is 1. The number of aromatic amines is 1. The second-order valence-corrected chi connectivity index (χ2v) is 5.57. The smallest absolute Gasteiger partial charge is 0.153 e. The highest BCUT2D eigenvalue weighted by Crippen LogP contribution is 2.34. The Morgan fingerprint density at radius 3 is 2.52 bits per heavy atom. The highest BCUT2D eigenvalue weighted by atomic mass is 16.3. The van der Waals surface area contributed by atoms with E-state index in [1.807, 2.05) is 32.3 Å². The highest BCUT2D eigenvalue weighted by Gasteiger charge is 2.16. The molecule has 0 atom stereocenters. The average Bonchev–Trinajstić information content (AvgIpc) is 3.24. The lowest BCUT2D eigenvalue weighted by Crippen LogP contribution is -2.07. The summed E-state index contributed by atoms with van der Waals surface area (Å²) in [4.78, 5) is 6.56. The van der Waals surface area contributed by atoms with E-state index in [0.29, 0.717) is 0 Å². The quantitative estimate of drug-likeness (QED) is 0.622. The van der Waals surface area contributed by atoms with E-state index in [0.717, 1.165) is 39.3 Å². The van der Waals surface area contributed by atoms with Crippen LogP contribution in [0.2, 0.25) is 0 Å². The molecule has 0 fully saturated rings. The summed E-state index contributed by atoms with van der Waals surface area (Å²) >= 11 is 0. The van der Waals surface area contributed by atoms with E-state index in [4.69, 9.17) is 4.42 Å². The van der Waals surface area contributed by atoms with E-state index in [2.05, 4.69) is 44.3 Å². The SMILES string of the molecule is CN(C)c1ccc(-c2n[nH]c3ccnc(-c4ccco4)c23)cc1. The van der Waals surface area contributed by atoms with Crippen LogP contribution >= 0.6 is 0 Å². The van der Waals surface area contributed by atoms with Gasteiger partial charge in [0, 0.05) is 31.5 Å². The lowest BCUT2D eigenvalue weighted by atomic mass is 10.1. The van der Waals surface area contributed by atoms with Gasteiger partial charge in [0.15, 0.2) is 5.76 Å². The third kappa shape index (κ3) is 2.26. The largest absolute Gasteiger partial charge is 0.463 e. The highest BCUT2D eigenvalue weighted by molar-refractivity contribution is 6.01. The third-order valence-corrected chi connectivity index (χ3v) is 3.89. The van der Waals surface area contributed by atoms with E-state index in [1.54, 1.807) is 12.5 Å². The summed E-state index contributed by atoms with van der Waals surface area (Å²) in [7, 11) is 4.05. The predicted octanol–water partition coefficient (Wildman–Crippen LogP) is 3.95. The Bertz CT molecular complexity index is 937. The van der Waals surface area contributed by atoms with Crippen molar-refractivity contribution in [1.82, 2.24) is 15.2 Å². The minimum atomic E-state index is 0.739. The summed E-state index contributed by atoms with van der Waals surface area (Å²) in [5.74, 6) is 0.739. The molecule has 114 valence electrons. The standard InChI is InChI=1S/C18H16N4O/c1-22(2)13-7-5-12(6-8-13)17-16-14(20-21-17)9-10-19-18(16)15-4-3-11-23-15/h3-11H,1-2H3,(H,20,21). The van der Waals surface area contributed by atoms with Crippen LogP contribution in [0.3, 0.4) is 0 Å². The minimum absolute atomic E-state index is 0.739. The second-order valence-electron chi connectivity index (χ2n) is 5.57. The summed E-state index contributed by atoms with van der Waals surface area (Å²) in [6.07, 6.45) is 3.42. The maximum Gasteiger partial charge on any atom is 0.153 e. The van der Waals surface area contributed by atoms with Crippen LogP contribution in [0.1, 0.15) is 0 Å². The molecule has 0 aliphatic carbocycles. The van der Waals surface area contributed by atoms with Gasteiger partial charge in [-0.2, -0.15) is 5.10 Å². The van der Waals surface area contributed by atoms with Crippen LogP contribution in [-0.4, -0.2) is 29.3 Å².